The van der Waals surface area contributed by atoms with Crippen molar-refractivity contribution >= 4 is 15.9 Å². The number of hydrogen-bond donors (Lipinski definition) is 1. The molecule has 0 unspecified atom stereocenters. The largest absolute Gasteiger partial charge is 0.490 e. The second-order valence-corrected chi connectivity index (χ2v) is 10.0. The van der Waals surface area contributed by atoms with E-state index in [1.165, 1.54) is 16.4 Å². The summed E-state index contributed by atoms with van der Waals surface area (Å²) in [7, 11) is -3.19. The number of benzene rings is 1. The predicted molar refractivity (Wildman–Crippen MR) is 105 cm³/mol. The normalized spacial score (nSPS) is 24.2. The van der Waals surface area contributed by atoms with Crippen molar-refractivity contribution in [2.45, 2.75) is 57.6 Å². The maximum absolute atomic E-state index is 13.3. The summed E-state index contributed by atoms with van der Waals surface area (Å²) in [4.78, 5) is 12.5. The van der Waals surface area contributed by atoms with Crippen molar-refractivity contribution in [3.05, 3.63) is 29.8 Å². The van der Waals surface area contributed by atoms with Gasteiger partial charge in [-0.1, -0.05) is 0 Å². The fraction of sp³-hybridized carbons (Fsp3) is 0.650. The molecule has 1 aliphatic heterocycles. The summed E-state index contributed by atoms with van der Waals surface area (Å²) in [5, 5.41) is 3.08. The van der Waals surface area contributed by atoms with E-state index in [1.54, 1.807) is 6.92 Å². The zero-order valence-electron chi connectivity index (χ0n) is 16.6. The van der Waals surface area contributed by atoms with Crippen molar-refractivity contribution in [1.29, 1.82) is 0 Å². The lowest BCUT2D eigenvalue weighted by Crippen LogP contribution is -2.46. The lowest BCUT2D eigenvalue weighted by molar-refractivity contribution is -0.127. The highest BCUT2D eigenvalue weighted by molar-refractivity contribution is 7.89. The number of piperidine rings is 1. The van der Waals surface area contributed by atoms with Gasteiger partial charge < -0.3 is 10.1 Å². The van der Waals surface area contributed by atoms with Crippen LogP contribution in [0.3, 0.4) is 0 Å². The van der Waals surface area contributed by atoms with Crippen LogP contribution in [0.5, 0.6) is 5.75 Å². The Hall–Kier alpha value is -1.74. The summed E-state index contributed by atoms with van der Waals surface area (Å²) in [6, 6.07) is 3.19. The van der Waals surface area contributed by atoms with Crippen LogP contribution in [-0.2, 0) is 14.8 Å². The molecule has 9 heteroatoms. The molecule has 2 fully saturated rings. The molecule has 0 radical (unpaired) electrons. The molecule has 1 heterocycles. The maximum Gasteiger partial charge on any atom is 0.223 e. The van der Waals surface area contributed by atoms with Crippen LogP contribution in [0, 0.1) is 17.6 Å². The van der Waals surface area contributed by atoms with Crippen molar-refractivity contribution in [2.24, 2.45) is 5.92 Å². The Bertz CT molecular complexity index is 798. The molecule has 6 nitrogen and oxygen atoms in total. The van der Waals surface area contributed by atoms with Crippen molar-refractivity contribution in [1.82, 2.24) is 9.62 Å². The van der Waals surface area contributed by atoms with Gasteiger partial charge in [0.15, 0.2) is 0 Å². The molecule has 1 amide bonds. The summed E-state index contributed by atoms with van der Waals surface area (Å²) >= 11 is 0. The Labute approximate surface area is 170 Å². The first-order valence-corrected chi connectivity index (χ1v) is 11.8. The molecule has 29 heavy (non-hydrogen) atoms. The molecule has 162 valence electrons. The van der Waals surface area contributed by atoms with E-state index in [0.29, 0.717) is 38.8 Å². The highest BCUT2D eigenvalue weighted by atomic mass is 32.2. The Balaban J connectivity index is 1.42. The Morgan fingerprint density at radius 1 is 1.07 bits per heavy atom. The molecular weight excluding hydrogens is 402 g/mol. The third-order valence-corrected chi connectivity index (χ3v) is 7.62. The first-order chi connectivity index (χ1) is 13.8. The second-order valence-electron chi connectivity index (χ2n) is 7.78. The number of amides is 1. The van der Waals surface area contributed by atoms with Gasteiger partial charge in [0.25, 0.3) is 0 Å². The molecule has 1 aliphatic carbocycles. The minimum Gasteiger partial charge on any atom is -0.490 e. The van der Waals surface area contributed by atoms with Gasteiger partial charge in [-0.3, -0.25) is 4.79 Å². The SMILES string of the molecule is CCS(=O)(=O)N1CCC(C(=O)NC2CCC(Oc3cc(F)cc(F)c3)CC2)CC1. The summed E-state index contributed by atoms with van der Waals surface area (Å²) in [6.07, 6.45) is 3.79. The fourth-order valence-corrected chi connectivity index (χ4v) is 5.14. The van der Waals surface area contributed by atoms with Crippen LogP contribution in [0.15, 0.2) is 18.2 Å². The molecule has 0 atom stereocenters. The van der Waals surface area contributed by atoms with Gasteiger partial charge in [0.05, 0.1) is 11.9 Å². The van der Waals surface area contributed by atoms with Gasteiger partial charge in [-0.15, -0.1) is 0 Å². The molecule has 0 spiro atoms. The number of nitrogens with zero attached hydrogens (tertiary/aromatic N) is 1. The van der Waals surface area contributed by atoms with E-state index in [-0.39, 0.29) is 35.5 Å². The molecule has 0 bridgehead atoms. The zero-order valence-corrected chi connectivity index (χ0v) is 17.4. The van der Waals surface area contributed by atoms with E-state index in [4.69, 9.17) is 4.74 Å². The van der Waals surface area contributed by atoms with E-state index < -0.39 is 21.7 Å². The summed E-state index contributed by atoms with van der Waals surface area (Å²) in [5.74, 6) is -1.25. The molecule has 0 aromatic heterocycles. The van der Waals surface area contributed by atoms with Crippen LogP contribution >= 0.6 is 0 Å². The number of sulfonamides is 1. The molecule has 3 rings (SSSR count). The minimum absolute atomic E-state index is 0.0184. The zero-order chi connectivity index (χ0) is 21.0. The molecule has 1 aromatic rings. The molecule has 2 aliphatic rings. The average molecular weight is 431 g/mol. The molecule has 1 saturated carbocycles. The minimum atomic E-state index is -3.19. The van der Waals surface area contributed by atoms with Gasteiger partial charge in [0.1, 0.15) is 17.4 Å². The summed E-state index contributed by atoms with van der Waals surface area (Å²) in [5.41, 5.74) is 0. The van der Waals surface area contributed by atoms with Crippen LogP contribution in [0.25, 0.3) is 0 Å². The first kappa shape index (κ1) is 22.0. The van der Waals surface area contributed by atoms with Crippen LogP contribution in [-0.4, -0.2) is 49.6 Å². The van der Waals surface area contributed by atoms with Crippen molar-refractivity contribution in [2.75, 3.05) is 18.8 Å². The van der Waals surface area contributed by atoms with Gasteiger partial charge in [-0.05, 0) is 45.4 Å². The van der Waals surface area contributed by atoms with Gasteiger partial charge in [-0.25, -0.2) is 21.5 Å². The summed E-state index contributed by atoms with van der Waals surface area (Å²) < 4.78 is 57.5. The quantitative estimate of drug-likeness (QED) is 0.753. The predicted octanol–water partition coefficient (Wildman–Crippen LogP) is 2.83. The van der Waals surface area contributed by atoms with E-state index in [1.807, 2.05) is 0 Å². The maximum atomic E-state index is 13.3. The highest BCUT2D eigenvalue weighted by Crippen LogP contribution is 2.26. The van der Waals surface area contributed by atoms with Crippen molar-refractivity contribution in [3.63, 3.8) is 0 Å². The third-order valence-electron chi connectivity index (χ3n) is 5.74. The Kier molecular flexibility index (Phi) is 7.10. The highest BCUT2D eigenvalue weighted by Gasteiger charge is 2.32. The lowest BCUT2D eigenvalue weighted by atomic mass is 9.91. The van der Waals surface area contributed by atoms with Crippen molar-refractivity contribution in [3.8, 4) is 5.75 Å². The van der Waals surface area contributed by atoms with E-state index in [0.717, 1.165) is 18.9 Å². The topological polar surface area (TPSA) is 75.7 Å². The Morgan fingerprint density at radius 2 is 1.66 bits per heavy atom. The van der Waals surface area contributed by atoms with Gasteiger partial charge in [0.2, 0.25) is 15.9 Å². The Morgan fingerprint density at radius 3 is 2.21 bits per heavy atom. The van der Waals surface area contributed by atoms with Gasteiger partial charge >= 0.3 is 0 Å². The van der Waals surface area contributed by atoms with Gasteiger partial charge in [0, 0.05) is 43.2 Å². The fourth-order valence-electron chi connectivity index (χ4n) is 4.01. The number of halogens is 2. The van der Waals surface area contributed by atoms with Crippen LogP contribution < -0.4 is 10.1 Å². The van der Waals surface area contributed by atoms with Crippen LogP contribution in [0.1, 0.15) is 45.4 Å². The second kappa shape index (κ2) is 9.38. The number of hydrogen-bond acceptors (Lipinski definition) is 4. The first-order valence-electron chi connectivity index (χ1n) is 10.2. The van der Waals surface area contributed by atoms with E-state index in [9.17, 15) is 22.0 Å². The average Bonchev–Trinajstić information content (AvgIpc) is 2.69. The monoisotopic (exact) mass is 430 g/mol. The van der Waals surface area contributed by atoms with E-state index >= 15 is 0 Å². The number of rotatable bonds is 6. The third kappa shape index (κ3) is 5.88. The summed E-state index contributed by atoms with van der Waals surface area (Å²) in [6.45, 7) is 2.40. The van der Waals surface area contributed by atoms with Crippen LogP contribution in [0.4, 0.5) is 8.78 Å². The molecule has 1 aromatic carbocycles. The number of carbonyl (C=O) groups excluding carboxylic acids is 1. The molecular formula is C20H28F2N2O4S. The molecule has 1 N–H and O–H groups in total. The lowest BCUT2D eigenvalue weighted by Gasteiger charge is -2.33. The smallest absolute Gasteiger partial charge is 0.223 e. The van der Waals surface area contributed by atoms with E-state index in [2.05, 4.69) is 5.32 Å². The van der Waals surface area contributed by atoms with Crippen molar-refractivity contribution < 1.29 is 26.7 Å². The molecule has 1 saturated heterocycles. The number of carbonyl (C=O) groups is 1. The van der Waals surface area contributed by atoms with Crippen LogP contribution in [0.2, 0.25) is 0 Å². The van der Waals surface area contributed by atoms with Gasteiger partial charge in [-0.2, -0.15) is 0 Å². The number of ether oxygens (including phenoxy) is 1. The standard InChI is InChI=1S/C20H28F2N2O4S/c1-2-29(26,27)24-9-7-14(8-10-24)20(25)23-17-3-5-18(6-4-17)28-19-12-15(21)11-16(22)13-19/h11-14,17-18H,2-10H2,1H3,(H,23,25). The number of nitrogens with one attached hydrogen (secondary N) is 1.